The molecule has 1 fully saturated rings. The topological polar surface area (TPSA) is 84.0 Å². The van der Waals surface area contributed by atoms with Gasteiger partial charge in [0, 0.05) is 16.3 Å². The highest BCUT2D eigenvalue weighted by atomic mass is 35.5. The summed E-state index contributed by atoms with van der Waals surface area (Å²) in [5, 5.41) is 0.461. The molecule has 2 aliphatic rings. The molecule has 0 bridgehead atoms. The Morgan fingerprint density at radius 3 is 2.35 bits per heavy atom. The van der Waals surface area contributed by atoms with Gasteiger partial charge in [0.25, 0.3) is 10.8 Å². The number of nitrogens with zero attached hydrogens (tertiary/aromatic N) is 2. The third kappa shape index (κ3) is 3.13. The third-order valence-corrected chi connectivity index (χ3v) is 8.59. The number of halogens is 1. The minimum atomic E-state index is -4.23. The van der Waals surface area contributed by atoms with Gasteiger partial charge in [-0.2, -0.15) is 0 Å². The molecule has 1 spiro atoms. The Kier molecular flexibility index (Phi) is 5.37. The van der Waals surface area contributed by atoms with Gasteiger partial charge in [-0.3, -0.25) is 14.5 Å². The van der Waals surface area contributed by atoms with Gasteiger partial charge >= 0.3 is 0 Å². The Hall–Kier alpha value is -3.36. The van der Waals surface area contributed by atoms with Gasteiger partial charge in [-0.15, -0.1) is 0 Å². The molecule has 0 N–H and O–H groups in total. The van der Waals surface area contributed by atoms with Crippen LogP contribution in [0.25, 0.3) is 0 Å². The average molecular weight is 497 g/mol. The first-order valence-electron chi connectivity index (χ1n) is 10.7. The second-order valence-electron chi connectivity index (χ2n) is 8.06. The van der Waals surface area contributed by atoms with Crippen molar-refractivity contribution in [3.8, 4) is 5.75 Å². The fourth-order valence-electron chi connectivity index (χ4n) is 4.70. The number of fused-ring (bicyclic) bond motifs is 2. The highest BCUT2D eigenvalue weighted by Gasteiger charge is 2.69. The van der Waals surface area contributed by atoms with E-state index in [0.717, 1.165) is 4.90 Å². The van der Waals surface area contributed by atoms with Crippen molar-refractivity contribution in [3.63, 3.8) is 0 Å². The first-order valence-corrected chi connectivity index (χ1v) is 12.8. The Morgan fingerprint density at radius 1 is 0.971 bits per heavy atom. The van der Waals surface area contributed by atoms with Crippen molar-refractivity contribution < 1.29 is 22.7 Å². The Morgan fingerprint density at radius 2 is 1.65 bits per heavy atom. The number of hydrogen-bond acceptors (Lipinski definition) is 5. The molecule has 7 nitrogen and oxygen atoms in total. The van der Waals surface area contributed by atoms with E-state index in [9.17, 15) is 18.0 Å². The van der Waals surface area contributed by atoms with Crippen LogP contribution in [0.2, 0.25) is 5.02 Å². The number of para-hydroxylation sites is 1. The first-order chi connectivity index (χ1) is 16.3. The maximum atomic E-state index is 14.1. The molecule has 2 aliphatic heterocycles. The lowest BCUT2D eigenvalue weighted by Crippen LogP contribution is -2.54. The van der Waals surface area contributed by atoms with E-state index in [-0.39, 0.29) is 12.1 Å². The van der Waals surface area contributed by atoms with Gasteiger partial charge in [0.05, 0.1) is 18.8 Å². The number of carbonyl (C=O) groups excluding carboxylic acids is 2. The minimum absolute atomic E-state index is 0.0676. The van der Waals surface area contributed by atoms with Gasteiger partial charge in [-0.05, 0) is 48.9 Å². The van der Waals surface area contributed by atoms with E-state index in [1.54, 1.807) is 72.8 Å². The van der Waals surface area contributed by atoms with E-state index in [0.29, 0.717) is 34.3 Å². The number of sulfone groups is 1. The molecule has 9 heteroatoms. The van der Waals surface area contributed by atoms with Crippen molar-refractivity contribution in [3.05, 3.63) is 88.9 Å². The molecule has 34 heavy (non-hydrogen) atoms. The molecular formula is C25H21ClN2O5S. The number of ether oxygens (including phenoxy) is 1. The molecule has 0 saturated carbocycles. The molecule has 0 radical (unpaired) electrons. The van der Waals surface area contributed by atoms with Gasteiger partial charge in [0.15, 0.2) is 9.84 Å². The molecule has 174 valence electrons. The lowest BCUT2D eigenvalue weighted by Gasteiger charge is -2.32. The minimum Gasteiger partial charge on any atom is -0.494 e. The molecule has 1 unspecified atom stereocenters. The zero-order valence-corrected chi connectivity index (χ0v) is 19.8. The molecule has 0 aromatic heterocycles. The van der Waals surface area contributed by atoms with E-state index in [4.69, 9.17) is 16.3 Å². The predicted molar refractivity (Wildman–Crippen MR) is 130 cm³/mol. The van der Waals surface area contributed by atoms with Crippen molar-refractivity contribution >= 4 is 44.6 Å². The molecule has 3 aromatic rings. The zero-order valence-electron chi connectivity index (χ0n) is 18.3. The predicted octanol–water partition coefficient (Wildman–Crippen LogP) is 3.90. The summed E-state index contributed by atoms with van der Waals surface area (Å²) in [5.41, 5.74) is 1.66. The van der Waals surface area contributed by atoms with E-state index >= 15 is 0 Å². The number of rotatable bonds is 5. The van der Waals surface area contributed by atoms with Crippen LogP contribution in [0.5, 0.6) is 5.75 Å². The van der Waals surface area contributed by atoms with Crippen LogP contribution >= 0.6 is 11.6 Å². The quantitative estimate of drug-likeness (QED) is 0.535. The summed E-state index contributed by atoms with van der Waals surface area (Å²) in [6, 6.07) is 20.2. The summed E-state index contributed by atoms with van der Waals surface area (Å²) in [6.45, 7) is 2.38. The summed E-state index contributed by atoms with van der Waals surface area (Å²) >= 11 is 6.34. The number of carbonyl (C=O) groups is 2. The van der Waals surface area contributed by atoms with Crippen LogP contribution < -0.4 is 14.5 Å². The lowest BCUT2D eigenvalue weighted by atomic mass is 10.0. The molecule has 1 saturated heterocycles. The Labute approximate surface area is 202 Å². The monoisotopic (exact) mass is 496 g/mol. The van der Waals surface area contributed by atoms with E-state index in [1.165, 1.54) is 4.90 Å². The van der Waals surface area contributed by atoms with Crippen molar-refractivity contribution in [2.75, 3.05) is 22.2 Å². The van der Waals surface area contributed by atoms with Gasteiger partial charge in [0.2, 0.25) is 5.91 Å². The van der Waals surface area contributed by atoms with E-state index < -0.39 is 32.3 Å². The summed E-state index contributed by atoms with van der Waals surface area (Å²) in [4.78, 5) is 27.6. The summed E-state index contributed by atoms with van der Waals surface area (Å²) in [7, 11) is -4.23. The number of amides is 2. The highest BCUT2D eigenvalue weighted by Crippen LogP contribution is 2.53. The normalized spacial score (nSPS) is 20.8. The number of benzene rings is 3. The average Bonchev–Trinajstić information content (AvgIpc) is 3.19. The van der Waals surface area contributed by atoms with Crippen LogP contribution in [0.15, 0.2) is 72.8 Å². The molecule has 5 rings (SSSR count). The van der Waals surface area contributed by atoms with Crippen LogP contribution in [-0.2, 0) is 30.8 Å². The van der Waals surface area contributed by atoms with Crippen molar-refractivity contribution in [1.82, 2.24) is 0 Å². The maximum Gasteiger partial charge on any atom is 0.274 e. The standard InChI is InChI=1S/C25H21ClN2O5S/c1-2-33-19-13-11-18(12-14-19)28-23(29)16-34(31,32)25(28)20-8-4-6-10-22(20)27(24(25)30)15-17-7-3-5-9-21(17)26/h3-14H,2,15-16H2,1H3. The zero-order chi connectivity index (χ0) is 24.1. The lowest BCUT2D eigenvalue weighted by molar-refractivity contribution is -0.123. The highest BCUT2D eigenvalue weighted by molar-refractivity contribution is 7.94. The molecule has 0 aliphatic carbocycles. The molecule has 1 atom stereocenters. The van der Waals surface area contributed by atoms with Crippen LogP contribution in [0.4, 0.5) is 11.4 Å². The van der Waals surface area contributed by atoms with Crippen LogP contribution in [0.3, 0.4) is 0 Å². The van der Waals surface area contributed by atoms with Crippen molar-refractivity contribution in [2.45, 2.75) is 18.3 Å². The van der Waals surface area contributed by atoms with Gasteiger partial charge < -0.3 is 9.64 Å². The molecule has 2 amide bonds. The van der Waals surface area contributed by atoms with Crippen LogP contribution in [-0.4, -0.2) is 32.6 Å². The van der Waals surface area contributed by atoms with E-state index in [2.05, 4.69) is 0 Å². The summed E-state index contributed by atoms with van der Waals surface area (Å²) in [6.07, 6.45) is 0. The van der Waals surface area contributed by atoms with E-state index in [1.807, 2.05) is 6.92 Å². The summed E-state index contributed by atoms with van der Waals surface area (Å²) < 4.78 is 32.7. The Balaban J connectivity index is 1.69. The second kappa shape index (κ2) is 8.14. The smallest absolute Gasteiger partial charge is 0.274 e. The summed E-state index contributed by atoms with van der Waals surface area (Å²) in [5.74, 6) is -1.55. The molecule has 2 heterocycles. The third-order valence-electron chi connectivity index (χ3n) is 6.12. The number of anilines is 2. The van der Waals surface area contributed by atoms with Gasteiger partial charge in [-0.1, -0.05) is 48.0 Å². The Bertz CT molecular complexity index is 1410. The van der Waals surface area contributed by atoms with Crippen LogP contribution in [0.1, 0.15) is 18.1 Å². The van der Waals surface area contributed by atoms with Gasteiger partial charge in [0.1, 0.15) is 11.5 Å². The van der Waals surface area contributed by atoms with Crippen LogP contribution in [0, 0.1) is 0 Å². The molecular weight excluding hydrogens is 476 g/mol. The second-order valence-corrected chi connectivity index (χ2v) is 10.6. The van der Waals surface area contributed by atoms with Gasteiger partial charge in [-0.25, -0.2) is 8.42 Å². The van der Waals surface area contributed by atoms with Crippen molar-refractivity contribution in [1.29, 1.82) is 0 Å². The SMILES string of the molecule is CCOc1ccc(N2C(=O)CS(=O)(=O)C23C(=O)N(Cc2ccccc2Cl)c2ccccc23)cc1. The maximum absolute atomic E-state index is 14.1. The largest absolute Gasteiger partial charge is 0.494 e. The molecule has 3 aromatic carbocycles. The number of hydrogen-bond donors (Lipinski definition) is 0. The first kappa shape index (κ1) is 22.4. The van der Waals surface area contributed by atoms with Crippen molar-refractivity contribution in [2.24, 2.45) is 0 Å². The fraction of sp³-hybridized carbons (Fsp3) is 0.200. The fourth-order valence-corrected chi connectivity index (χ4v) is 6.93.